The summed E-state index contributed by atoms with van der Waals surface area (Å²) in [6.45, 7) is 0. The topological polar surface area (TPSA) is 26.0 Å². The summed E-state index contributed by atoms with van der Waals surface area (Å²) >= 11 is 5.91. The normalized spacial score (nSPS) is 17.0. The van der Waals surface area contributed by atoms with Gasteiger partial charge in [-0.05, 0) is 30.0 Å². The first-order valence-corrected chi connectivity index (χ1v) is 5.25. The Morgan fingerprint density at radius 3 is 2.67 bits per heavy atom. The maximum absolute atomic E-state index is 12.8. The molecule has 1 saturated carbocycles. The molecule has 1 aliphatic rings. The average molecular weight is 250 g/mol. The first kappa shape index (κ1) is 12.8. The lowest BCUT2D eigenvalue weighted by Gasteiger charge is -2.12. The van der Waals surface area contributed by atoms with Crippen molar-refractivity contribution >= 4 is 24.0 Å². The number of halogens is 3. The van der Waals surface area contributed by atoms with Gasteiger partial charge in [-0.2, -0.15) is 0 Å². The van der Waals surface area contributed by atoms with Crippen molar-refractivity contribution < 1.29 is 4.39 Å². The van der Waals surface area contributed by atoms with E-state index in [-0.39, 0.29) is 24.3 Å². The van der Waals surface area contributed by atoms with E-state index in [9.17, 15) is 4.39 Å². The zero-order chi connectivity index (χ0) is 10.1. The summed E-state index contributed by atoms with van der Waals surface area (Å²) in [6.07, 6.45) is 3.50. The third kappa shape index (κ3) is 3.33. The Kier molecular flexibility index (Phi) is 4.38. The second-order valence-corrected chi connectivity index (χ2v) is 4.36. The lowest BCUT2D eigenvalue weighted by molar-refractivity contribution is 0.591. The van der Waals surface area contributed by atoms with Gasteiger partial charge in [0.2, 0.25) is 0 Å². The summed E-state index contributed by atoms with van der Waals surface area (Å²) in [6, 6.07) is 4.37. The van der Waals surface area contributed by atoms with Crippen LogP contribution in [0.25, 0.3) is 0 Å². The molecule has 0 spiro atoms. The molecule has 0 unspecified atom stereocenters. The molecule has 0 aromatic heterocycles. The van der Waals surface area contributed by atoms with Crippen LogP contribution in [0.2, 0.25) is 5.02 Å². The molecule has 0 bridgehead atoms. The van der Waals surface area contributed by atoms with Crippen molar-refractivity contribution in [3.05, 3.63) is 34.6 Å². The van der Waals surface area contributed by atoms with Gasteiger partial charge in [-0.15, -0.1) is 12.4 Å². The predicted octanol–water partition coefficient (Wildman–Crippen LogP) is 3.70. The third-order valence-corrected chi connectivity index (χ3v) is 2.97. The van der Waals surface area contributed by atoms with Crippen LogP contribution in [0.3, 0.4) is 0 Å². The largest absolute Gasteiger partial charge is 0.324 e. The fourth-order valence-corrected chi connectivity index (χ4v) is 1.95. The Bertz CT molecular complexity index is 339. The quantitative estimate of drug-likeness (QED) is 0.869. The maximum atomic E-state index is 12.8. The van der Waals surface area contributed by atoms with Crippen LogP contribution in [0.15, 0.2) is 18.2 Å². The van der Waals surface area contributed by atoms with Crippen molar-refractivity contribution in [2.75, 3.05) is 0 Å². The van der Waals surface area contributed by atoms with E-state index in [1.165, 1.54) is 25.0 Å². The highest BCUT2D eigenvalue weighted by atomic mass is 35.5. The van der Waals surface area contributed by atoms with Crippen LogP contribution < -0.4 is 5.73 Å². The second-order valence-electron chi connectivity index (χ2n) is 3.95. The van der Waals surface area contributed by atoms with E-state index < -0.39 is 0 Å². The van der Waals surface area contributed by atoms with E-state index in [0.717, 1.165) is 17.9 Å². The van der Waals surface area contributed by atoms with Crippen LogP contribution in [0.5, 0.6) is 0 Å². The molecule has 0 saturated heterocycles. The predicted molar refractivity (Wildman–Crippen MR) is 62.9 cm³/mol. The van der Waals surface area contributed by atoms with Crippen molar-refractivity contribution in [1.29, 1.82) is 0 Å². The molecule has 1 atom stereocenters. The molecular formula is C11H14Cl2FN. The summed E-state index contributed by atoms with van der Waals surface area (Å²) in [5, 5.41) is 0.443. The highest BCUT2D eigenvalue weighted by Gasteiger charge is 2.25. The van der Waals surface area contributed by atoms with Gasteiger partial charge in [-0.25, -0.2) is 4.39 Å². The van der Waals surface area contributed by atoms with Crippen LogP contribution in [-0.2, 0) is 0 Å². The Labute approximate surface area is 100 Å². The Morgan fingerprint density at radius 1 is 1.47 bits per heavy atom. The third-order valence-electron chi connectivity index (χ3n) is 2.65. The monoisotopic (exact) mass is 249 g/mol. The van der Waals surface area contributed by atoms with Gasteiger partial charge in [0.05, 0.1) is 0 Å². The molecule has 1 fully saturated rings. The smallest absolute Gasteiger partial charge is 0.124 e. The Balaban J connectivity index is 0.00000112. The number of nitrogens with two attached hydrogens (primary N) is 1. The second kappa shape index (κ2) is 5.15. The molecule has 1 aromatic carbocycles. The molecule has 84 valence electrons. The van der Waals surface area contributed by atoms with Crippen LogP contribution >= 0.6 is 24.0 Å². The maximum Gasteiger partial charge on any atom is 0.124 e. The first-order chi connectivity index (χ1) is 6.66. The molecular weight excluding hydrogens is 236 g/mol. The van der Waals surface area contributed by atoms with Gasteiger partial charge >= 0.3 is 0 Å². The molecule has 15 heavy (non-hydrogen) atoms. The Hall–Kier alpha value is -0.310. The first-order valence-electron chi connectivity index (χ1n) is 4.87. The lowest BCUT2D eigenvalue weighted by atomic mass is 10.0. The summed E-state index contributed by atoms with van der Waals surface area (Å²) < 4.78 is 12.8. The lowest BCUT2D eigenvalue weighted by Crippen LogP contribution is -2.11. The van der Waals surface area contributed by atoms with Crippen LogP contribution in [0.1, 0.15) is 30.9 Å². The molecule has 2 N–H and O–H groups in total. The minimum absolute atomic E-state index is 0. The van der Waals surface area contributed by atoms with Gasteiger partial charge in [0, 0.05) is 11.1 Å². The summed E-state index contributed by atoms with van der Waals surface area (Å²) in [7, 11) is 0. The number of hydrogen-bond donors (Lipinski definition) is 1. The zero-order valence-electron chi connectivity index (χ0n) is 8.25. The zero-order valence-corrected chi connectivity index (χ0v) is 9.82. The number of hydrogen-bond acceptors (Lipinski definition) is 1. The minimum atomic E-state index is -0.308. The van der Waals surface area contributed by atoms with E-state index in [2.05, 4.69) is 0 Å². The van der Waals surface area contributed by atoms with E-state index in [0.29, 0.717) is 5.02 Å². The van der Waals surface area contributed by atoms with Gasteiger partial charge in [0.15, 0.2) is 0 Å². The van der Waals surface area contributed by atoms with Crippen LogP contribution in [0, 0.1) is 11.7 Å². The molecule has 1 aromatic rings. The molecule has 2 rings (SSSR count). The minimum Gasteiger partial charge on any atom is -0.324 e. The van der Waals surface area contributed by atoms with Crippen LogP contribution in [-0.4, -0.2) is 0 Å². The molecule has 0 heterocycles. The van der Waals surface area contributed by atoms with E-state index in [1.54, 1.807) is 6.07 Å². The van der Waals surface area contributed by atoms with Gasteiger partial charge < -0.3 is 5.73 Å². The van der Waals surface area contributed by atoms with Crippen molar-refractivity contribution in [2.24, 2.45) is 11.7 Å². The highest BCUT2D eigenvalue weighted by Crippen LogP contribution is 2.38. The molecule has 0 amide bonds. The van der Waals surface area contributed by atoms with Gasteiger partial charge in [-0.1, -0.05) is 30.5 Å². The standard InChI is InChI=1S/C11H13ClFN.ClH/c12-10-6-8(13)3-4-9(10)11(14)5-7-1-2-7;/h3-4,6-7,11H,1-2,5,14H2;1H/t11-;/m1./s1. The molecule has 4 heteroatoms. The summed E-state index contributed by atoms with van der Waals surface area (Å²) in [4.78, 5) is 0. The fraction of sp³-hybridized carbons (Fsp3) is 0.455. The van der Waals surface area contributed by atoms with Crippen molar-refractivity contribution in [3.63, 3.8) is 0 Å². The fourth-order valence-electron chi connectivity index (χ4n) is 1.64. The van der Waals surface area contributed by atoms with E-state index >= 15 is 0 Å². The highest BCUT2D eigenvalue weighted by molar-refractivity contribution is 6.31. The van der Waals surface area contributed by atoms with E-state index in [4.69, 9.17) is 17.3 Å². The molecule has 1 nitrogen and oxygen atoms in total. The van der Waals surface area contributed by atoms with Crippen molar-refractivity contribution in [3.8, 4) is 0 Å². The van der Waals surface area contributed by atoms with Gasteiger partial charge in [0.25, 0.3) is 0 Å². The van der Waals surface area contributed by atoms with Crippen LogP contribution in [0.4, 0.5) is 4.39 Å². The molecule has 0 aliphatic heterocycles. The van der Waals surface area contributed by atoms with Gasteiger partial charge in [0.1, 0.15) is 5.82 Å². The van der Waals surface area contributed by atoms with Crippen molar-refractivity contribution in [1.82, 2.24) is 0 Å². The van der Waals surface area contributed by atoms with Gasteiger partial charge in [-0.3, -0.25) is 0 Å². The molecule has 0 radical (unpaired) electrons. The SMILES string of the molecule is Cl.N[C@H](CC1CC1)c1ccc(F)cc1Cl. The van der Waals surface area contributed by atoms with E-state index in [1.807, 2.05) is 0 Å². The average Bonchev–Trinajstić information content (AvgIpc) is 2.87. The summed E-state index contributed by atoms with van der Waals surface area (Å²) in [5.74, 6) is 0.448. The number of rotatable bonds is 3. The van der Waals surface area contributed by atoms with Crippen molar-refractivity contribution in [2.45, 2.75) is 25.3 Å². The molecule has 1 aliphatic carbocycles. The number of benzene rings is 1. The summed E-state index contributed by atoms with van der Waals surface area (Å²) in [5.41, 5.74) is 6.84. The Morgan fingerprint density at radius 2 is 2.13 bits per heavy atom.